The van der Waals surface area contributed by atoms with Gasteiger partial charge in [-0.25, -0.2) is 9.97 Å². The highest BCUT2D eigenvalue weighted by Gasteiger charge is 2.55. The van der Waals surface area contributed by atoms with Crippen LogP contribution in [0.3, 0.4) is 0 Å². The highest BCUT2D eigenvalue weighted by molar-refractivity contribution is 8.00. The van der Waals surface area contributed by atoms with Gasteiger partial charge in [-0.1, -0.05) is 11.6 Å². The number of rotatable bonds is 2. The zero-order valence-electron chi connectivity index (χ0n) is 12.1. The summed E-state index contributed by atoms with van der Waals surface area (Å²) in [5.74, 6) is -0.641. The first kappa shape index (κ1) is 14.7. The van der Waals surface area contributed by atoms with Crippen molar-refractivity contribution in [2.24, 2.45) is 0 Å². The number of aliphatic hydroxyl groups excluding tert-OH is 1. The lowest BCUT2D eigenvalue weighted by Crippen LogP contribution is -2.30. The van der Waals surface area contributed by atoms with E-state index in [1.54, 1.807) is 11.8 Å². The molecule has 8 heteroatoms. The molecule has 4 atom stereocenters. The van der Waals surface area contributed by atoms with E-state index in [4.69, 9.17) is 21.1 Å². The molecule has 2 aromatic rings. The quantitative estimate of drug-likeness (QED) is 0.845. The van der Waals surface area contributed by atoms with Crippen LogP contribution in [0.4, 0.5) is 0 Å². The Morgan fingerprint density at radius 1 is 1.36 bits per heavy atom. The number of hydrogen-bond donors (Lipinski definition) is 1. The van der Waals surface area contributed by atoms with Gasteiger partial charge < -0.3 is 19.1 Å². The van der Waals surface area contributed by atoms with Gasteiger partial charge in [0.05, 0.1) is 17.2 Å². The number of hydrogen-bond acceptors (Lipinski definition) is 6. The number of thioether (sulfide) groups is 1. The summed E-state index contributed by atoms with van der Waals surface area (Å²) < 4.78 is 14.1. The third-order valence-corrected chi connectivity index (χ3v) is 5.88. The second kappa shape index (κ2) is 5.07. The van der Waals surface area contributed by atoms with Crippen LogP contribution in [0.15, 0.2) is 18.6 Å². The van der Waals surface area contributed by atoms with Crippen LogP contribution in [0.25, 0.3) is 11.0 Å². The molecule has 4 rings (SSSR count). The summed E-state index contributed by atoms with van der Waals surface area (Å²) in [6.07, 6.45) is 3.12. The third kappa shape index (κ3) is 2.15. The summed E-state index contributed by atoms with van der Waals surface area (Å²) in [5.41, 5.74) is 0.767. The first-order chi connectivity index (χ1) is 10.5. The number of ether oxygens (including phenoxy) is 2. The molecule has 2 aromatic heterocycles. The number of nitrogens with zero attached hydrogens (tertiary/aromatic N) is 3. The Morgan fingerprint density at radius 3 is 2.91 bits per heavy atom. The van der Waals surface area contributed by atoms with Crippen molar-refractivity contribution < 1.29 is 14.6 Å². The van der Waals surface area contributed by atoms with Crippen molar-refractivity contribution in [3.63, 3.8) is 0 Å². The first-order valence-corrected chi connectivity index (χ1v) is 8.41. The van der Waals surface area contributed by atoms with E-state index in [2.05, 4.69) is 9.97 Å². The summed E-state index contributed by atoms with van der Waals surface area (Å²) in [7, 11) is 0. The Kier molecular flexibility index (Phi) is 3.39. The van der Waals surface area contributed by atoms with Gasteiger partial charge in [-0.15, -0.1) is 11.8 Å². The molecule has 2 fully saturated rings. The van der Waals surface area contributed by atoms with E-state index >= 15 is 0 Å². The Bertz CT molecular complexity index is 722. The SMILES string of the molecule is CC1(C)O[C@@H]2[C@H](O1)[C@@H](CO)S[C@H]2n1ccc2c(Cl)ncnc21. The van der Waals surface area contributed by atoms with Gasteiger partial charge in [0.15, 0.2) is 5.79 Å². The van der Waals surface area contributed by atoms with E-state index in [1.807, 2.05) is 30.7 Å². The molecule has 0 saturated carbocycles. The van der Waals surface area contributed by atoms with Gasteiger partial charge in [-0.3, -0.25) is 0 Å². The van der Waals surface area contributed by atoms with Crippen LogP contribution >= 0.6 is 23.4 Å². The van der Waals surface area contributed by atoms with Crippen LogP contribution in [-0.2, 0) is 9.47 Å². The number of aromatic nitrogens is 3. The fourth-order valence-corrected chi connectivity index (χ4v) is 4.84. The lowest BCUT2D eigenvalue weighted by molar-refractivity contribution is -0.149. The molecule has 2 aliphatic rings. The van der Waals surface area contributed by atoms with Gasteiger partial charge >= 0.3 is 0 Å². The van der Waals surface area contributed by atoms with E-state index in [0.717, 1.165) is 11.0 Å². The van der Waals surface area contributed by atoms with Crippen molar-refractivity contribution >= 4 is 34.4 Å². The second-order valence-electron chi connectivity index (χ2n) is 5.94. The summed E-state index contributed by atoms with van der Waals surface area (Å²) >= 11 is 7.76. The molecule has 118 valence electrons. The molecule has 6 nitrogen and oxygen atoms in total. The maximum atomic E-state index is 9.64. The Hall–Kier alpha value is -0.860. The topological polar surface area (TPSA) is 69.4 Å². The predicted octanol–water partition coefficient (Wildman–Crippen LogP) is 2.21. The van der Waals surface area contributed by atoms with E-state index in [0.29, 0.717) is 5.15 Å². The normalized spacial score (nSPS) is 33.5. The minimum atomic E-state index is -0.641. The number of halogens is 1. The van der Waals surface area contributed by atoms with E-state index < -0.39 is 5.79 Å². The van der Waals surface area contributed by atoms with Crippen molar-refractivity contribution in [1.29, 1.82) is 0 Å². The third-order valence-electron chi connectivity index (χ3n) is 4.04. The maximum absolute atomic E-state index is 9.64. The number of fused-ring (bicyclic) bond motifs is 2. The molecule has 0 unspecified atom stereocenters. The van der Waals surface area contributed by atoms with Gasteiger partial charge in [0.2, 0.25) is 0 Å². The Balaban J connectivity index is 1.77. The molecule has 0 aromatic carbocycles. The average Bonchev–Trinajstić information content (AvgIpc) is 3.10. The number of aliphatic hydroxyl groups is 1. The van der Waals surface area contributed by atoms with Crippen LogP contribution in [0.1, 0.15) is 19.2 Å². The van der Waals surface area contributed by atoms with Crippen molar-refractivity contribution in [2.75, 3.05) is 6.61 Å². The Morgan fingerprint density at radius 2 is 2.14 bits per heavy atom. The molecule has 0 bridgehead atoms. The Labute approximate surface area is 136 Å². The van der Waals surface area contributed by atoms with Crippen LogP contribution in [0, 0.1) is 0 Å². The van der Waals surface area contributed by atoms with Gasteiger partial charge in [-0.05, 0) is 19.9 Å². The summed E-state index contributed by atoms with van der Waals surface area (Å²) in [5, 5.41) is 10.8. The summed E-state index contributed by atoms with van der Waals surface area (Å²) in [6, 6.07) is 1.90. The molecule has 1 N–H and O–H groups in total. The van der Waals surface area contributed by atoms with Crippen LogP contribution in [-0.4, -0.2) is 49.5 Å². The molecule has 0 aliphatic carbocycles. The fourth-order valence-electron chi connectivity index (χ4n) is 3.18. The zero-order valence-corrected chi connectivity index (χ0v) is 13.7. The van der Waals surface area contributed by atoms with Crippen molar-refractivity contribution in [3.05, 3.63) is 23.7 Å². The monoisotopic (exact) mass is 341 g/mol. The van der Waals surface area contributed by atoms with Gasteiger partial charge in [0.25, 0.3) is 0 Å². The molecule has 0 amide bonds. The van der Waals surface area contributed by atoms with Crippen LogP contribution < -0.4 is 0 Å². The van der Waals surface area contributed by atoms with Crippen LogP contribution in [0.2, 0.25) is 5.15 Å². The smallest absolute Gasteiger partial charge is 0.163 e. The standard InChI is InChI=1S/C14H16ClN3O3S/c1-14(2)20-9-8(5-19)22-13(10(9)21-14)18-4-3-7-11(15)16-6-17-12(7)18/h3-4,6,8-10,13,19H,5H2,1-2H3/t8-,9-,10-,13-/m1/s1. The lowest BCUT2D eigenvalue weighted by atomic mass is 10.1. The van der Waals surface area contributed by atoms with E-state index in [9.17, 15) is 5.11 Å². The van der Waals surface area contributed by atoms with Crippen molar-refractivity contribution in [2.45, 2.75) is 42.5 Å². The van der Waals surface area contributed by atoms with E-state index in [-0.39, 0.29) is 29.4 Å². The molecule has 4 heterocycles. The van der Waals surface area contributed by atoms with Gasteiger partial charge in [0.1, 0.15) is 34.7 Å². The maximum Gasteiger partial charge on any atom is 0.163 e. The molecule has 2 aliphatic heterocycles. The highest BCUT2D eigenvalue weighted by atomic mass is 35.5. The van der Waals surface area contributed by atoms with Crippen molar-refractivity contribution in [1.82, 2.24) is 14.5 Å². The fraction of sp³-hybridized carbons (Fsp3) is 0.571. The molecule has 0 spiro atoms. The van der Waals surface area contributed by atoms with E-state index in [1.165, 1.54) is 6.33 Å². The molecule has 2 saturated heterocycles. The lowest BCUT2D eigenvalue weighted by Gasteiger charge is -2.23. The zero-order chi connectivity index (χ0) is 15.5. The van der Waals surface area contributed by atoms with Gasteiger partial charge in [-0.2, -0.15) is 0 Å². The molecular formula is C14H16ClN3O3S. The highest BCUT2D eigenvalue weighted by Crippen LogP contribution is 2.51. The molecule has 22 heavy (non-hydrogen) atoms. The predicted molar refractivity (Wildman–Crippen MR) is 83.9 cm³/mol. The average molecular weight is 342 g/mol. The second-order valence-corrected chi connectivity index (χ2v) is 7.66. The summed E-state index contributed by atoms with van der Waals surface area (Å²) in [4.78, 5) is 8.35. The molecular weight excluding hydrogens is 326 g/mol. The molecule has 0 radical (unpaired) electrons. The van der Waals surface area contributed by atoms with Gasteiger partial charge in [0, 0.05) is 6.20 Å². The summed E-state index contributed by atoms with van der Waals surface area (Å²) in [6.45, 7) is 3.85. The largest absolute Gasteiger partial charge is 0.395 e. The minimum absolute atomic E-state index is 0.0209. The van der Waals surface area contributed by atoms with Crippen molar-refractivity contribution in [3.8, 4) is 0 Å². The first-order valence-electron chi connectivity index (χ1n) is 7.09. The van der Waals surface area contributed by atoms with Crippen LogP contribution in [0.5, 0.6) is 0 Å². The minimum Gasteiger partial charge on any atom is -0.395 e.